The van der Waals surface area contributed by atoms with Crippen LogP contribution >= 0.6 is 0 Å². The van der Waals surface area contributed by atoms with Crippen molar-refractivity contribution in [2.24, 2.45) is 0 Å². The maximum atomic E-state index is 13.7. The number of esters is 6. The number of aliphatic hydroxyl groups is 1. The molecule has 0 unspecified atom stereocenters. The summed E-state index contributed by atoms with van der Waals surface area (Å²) in [6, 6.07) is -1.88. The highest BCUT2D eigenvalue weighted by molar-refractivity contribution is 5.77. The fourth-order valence-corrected chi connectivity index (χ4v) is 14.4. The number of carbonyl (C=O) groups is 9. The fourth-order valence-electron chi connectivity index (χ4n) is 14.4. The third-order valence-corrected chi connectivity index (χ3v) is 19.7. The van der Waals surface area contributed by atoms with E-state index in [0.717, 1.165) is 0 Å². The molecule has 6 aliphatic heterocycles. The number of rotatable bonds is 66. The molecular formula is C78H122N12O37. The smallest absolute Gasteiger partial charge is 0.303 e. The van der Waals surface area contributed by atoms with Gasteiger partial charge in [0.2, 0.25) is 17.7 Å². The molecule has 0 spiro atoms. The second-order valence-electron chi connectivity index (χ2n) is 30.4. The van der Waals surface area contributed by atoms with E-state index in [1.54, 1.807) is 32.6 Å². The lowest BCUT2D eigenvalue weighted by molar-refractivity contribution is -0.251. The van der Waals surface area contributed by atoms with Gasteiger partial charge in [-0.15, -0.1) is 15.3 Å². The SMILES string of the molecule is CC(=O)N[C@H]1[C@H]2OC[C@](COCCOCCOCCOCCn3cc(COCC(COCc4cn(CCOCCOCCOCCOC[C@@]56CO[C@@H](O5)[C@H](NC(C)=O)[C@@H](OC(C)=O)[C@H]6OC(C)=O)nn4)(COCc4cn(CCOCCOCCOCCOC[C@]56CO[C@H](C[C@@H](OC(C)=O)[C@H]5OC(C)=O)O6)nn4)NC(=O)CCCO)nn3)(O2)[C@H](OC(C)=O)[C@@H]1OC(C)=O. The van der Waals surface area contributed by atoms with Gasteiger partial charge in [0.15, 0.2) is 66.2 Å². The number of nitrogens with zero attached hydrogens (tertiary/aromatic N) is 9. The summed E-state index contributed by atoms with van der Waals surface area (Å²) < 4.78 is 162. The molecule has 14 atom stereocenters. The maximum absolute atomic E-state index is 13.7. The Balaban J connectivity index is 0.673. The number of fused-ring (bicyclic) bond motifs is 6. The molecule has 3 aromatic rings. The molecule has 3 aromatic heterocycles. The molecule has 0 aliphatic carbocycles. The minimum absolute atomic E-state index is 0.0151. The molecule has 3 amide bonds. The first-order valence-corrected chi connectivity index (χ1v) is 42.0. The zero-order chi connectivity index (χ0) is 90.9. The molecule has 9 heterocycles. The average molecular weight is 1820 g/mol. The van der Waals surface area contributed by atoms with Gasteiger partial charge in [-0.25, -0.2) is 14.0 Å². The zero-order valence-electron chi connectivity index (χ0n) is 73.0. The van der Waals surface area contributed by atoms with E-state index in [4.69, 9.17) is 128 Å². The molecule has 0 saturated carbocycles. The van der Waals surface area contributed by atoms with Gasteiger partial charge in [-0.05, 0) is 6.42 Å². The monoisotopic (exact) mass is 1820 g/mol. The Labute approximate surface area is 732 Å². The van der Waals surface area contributed by atoms with Crippen molar-refractivity contribution in [3.63, 3.8) is 0 Å². The maximum Gasteiger partial charge on any atom is 0.303 e. The Morgan fingerprint density at radius 3 is 1.05 bits per heavy atom. The largest absolute Gasteiger partial charge is 0.458 e. The standard InChI is InChI=1S/C78H122N12O37/c1-52(92)79-66-68(120-55(4)95)71(123-58(7)98)77(50-117-73(66)126-77)47-111-34-31-108-28-25-105-22-19-102-16-12-89-38-61(83-86-89)41-114-44-75(81-64(100)10-9-14-91,43-113-40-60-37-88(85-82-60)11-15-101-18-21-104-24-27-107-30-33-110-46-76-49-116-65(125-76)36-63(119-54(3)94)70(76)122-57(6)97)45-115-42-62-39-90(87-84-62)13-17-103-20-23-106-26-29-109-32-35-112-48-78-51-118-74(127-78)67(80-53(2)93)69(121-56(5)96)72(78)124-59(8)99/h37-39,63,65-74,91H,9-36,40-51H2,1-8H3,(H,79,92)(H,80,93)(H,81,100)/t63-,65+,66-,67-,68-,69-,70-,71-,72-,73+,74+,76+,77+,78+/m1/s1. The predicted octanol–water partition coefficient (Wildman–Crippen LogP) is -3.40. The number of nitrogens with one attached hydrogen (secondary N) is 3. The van der Waals surface area contributed by atoms with Crippen LogP contribution in [0.1, 0.15) is 91.7 Å². The highest BCUT2D eigenvalue weighted by Gasteiger charge is 2.65. The summed E-state index contributed by atoms with van der Waals surface area (Å²) in [5, 5.41) is 43.6. The molecule has 9 rings (SSSR count). The molecule has 6 aliphatic rings. The quantitative estimate of drug-likeness (QED) is 0.0243. The van der Waals surface area contributed by atoms with E-state index in [2.05, 4.69) is 46.9 Å². The number of carbonyl (C=O) groups excluding carboxylic acids is 9. The third-order valence-electron chi connectivity index (χ3n) is 19.7. The molecule has 4 N–H and O–H groups in total. The molecule has 716 valence electrons. The molecule has 0 aromatic carbocycles. The molecule has 6 saturated heterocycles. The van der Waals surface area contributed by atoms with Crippen molar-refractivity contribution < 1.29 is 176 Å². The van der Waals surface area contributed by atoms with Crippen LogP contribution < -0.4 is 16.0 Å². The highest BCUT2D eigenvalue weighted by Crippen LogP contribution is 2.43. The second kappa shape index (κ2) is 53.8. The summed E-state index contributed by atoms with van der Waals surface area (Å²) in [5.41, 5.74) is -3.70. The Kier molecular flexibility index (Phi) is 43.4. The topological polar surface area (TPSA) is 551 Å². The van der Waals surface area contributed by atoms with Gasteiger partial charge in [0.05, 0.1) is 256 Å². The number of hydrogen-bond acceptors (Lipinski definition) is 43. The van der Waals surface area contributed by atoms with Crippen LogP contribution in [0, 0.1) is 0 Å². The van der Waals surface area contributed by atoms with Crippen LogP contribution in [-0.4, -0.2) is 398 Å². The van der Waals surface area contributed by atoms with E-state index in [0.29, 0.717) is 56.5 Å². The second-order valence-corrected chi connectivity index (χ2v) is 30.4. The molecular weight excluding hydrogens is 1700 g/mol. The lowest BCUT2D eigenvalue weighted by atomic mass is 9.87. The van der Waals surface area contributed by atoms with E-state index in [9.17, 15) is 48.3 Å². The van der Waals surface area contributed by atoms with Crippen LogP contribution in [0.3, 0.4) is 0 Å². The van der Waals surface area contributed by atoms with Crippen LogP contribution in [0.5, 0.6) is 0 Å². The Hall–Kier alpha value is -8.23. The van der Waals surface area contributed by atoms with Crippen molar-refractivity contribution in [2.75, 3.05) is 205 Å². The molecule has 127 heavy (non-hydrogen) atoms. The number of amides is 3. The van der Waals surface area contributed by atoms with E-state index in [1.165, 1.54) is 55.4 Å². The lowest BCUT2D eigenvalue weighted by Gasteiger charge is -2.45. The number of aliphatic hydroxyl groups excluding tert-OH is 1. The summed E-state index contributed by atoms with van der Waals surface area (Å²) >= 11 is 0. The first kappa shape index (κ1) is 103. The van der Waals surface area contributed by atoms with Crippen LogP contribution in [0.25, 0.3) is 0 Å². The number of ether oxygens (including phenoxy) is 27. The van der Waals surface area contributed by atoms with Gasteiger partial charge in [0.25, 0.3) is 0 Å². The highest BCUT2D eigenvalue weighted by atomic mass is 16.8. The first-order valence-electron chi connectivity index (χ1n) is 42.0. The molecule has 6 fully saturated rings. The van der Waals surface area contributed by atoms with Gasteiger partial charge in [-0.2, -0.15) is 0 Å². The van der Waals surface area contributed by atoms with Gasteiger partial charge in [-0.1, -0.05) is 15.6 Å². The van der Waals surface area contributed by atoms with E-state index >= 15 is 0 Å². The van der Waals surface area contributed by atoms with E-state index in [1.807, 2.05) is 0 Å². The van der Waals surface area contributed by atoms with Crippen LogP contribution in [-0.2, 0) is 211 Å². The minimum atomic E-state index is -1.33. The van der Waals surface area contributed by atoms with Crippen molar-refractivity contribution in [1.29, 1.82) is 0 Å². The van der Waals surface area contributed by atoms with Gasteiger partial charge < -0.3 is 149 Å². The first-order chi connectivity index (χ1) is 61.3. The average Bonchev–Trinajstić information content (AvgIpc) is 1.62. The van der Waals surface area contributed by atoms with Gasteiger partial charge >= 0.3 is 35.8 Å². The van der Waals surface area contributed by atoms with Crippen LogP contribution in [0.2, 0.25) is 0 Å². The summed E-state index contributed by atoms with van der Waals surface area (Å²) in [5.74, 6) is -4.95. The summed E-state index contributed by atoms with van der Waals surface area (Å²) in [7, 11) is 0. The normalized spacial score (nSPS) is 25.0. The Morgan fingerprint density at radius 1 is 0.402 bits per heavy atom. The van der Waals surface area contributed by atoms with Crippen molar-refractivity contribution in [3.8, 4) is 0 Å². The van der Waals surface area contributed by atoms with Gasteiger partial charge in [-0.3, -0.25) is 43.2 Å². The van der Waals surface area contributed by atoms with Crippen molar-refractivity contribution in [2.45, 2.75) is 204 Å². The predicted molar refractivity (Wildman–Crippen MR) is 420 cm³/mol. The molecule has 0 radical (unpaired) electrons. The summed E-state index contributed by atoms with van der Waals surface area (Å²) in [4.78, 5) is 110. The fraction of sp³-hybridized carbons (Fsp3) is 0.808. The zero-order valence-corrected chi connectivity index (χ0v) is 73.0. The Morgan fingerprint density at radius 2 is 0.717 bits per heavy atom. The Bertz CT molecular complexity index is 3680. The van der Waals surface area contributed by atoms with Crippen LogP contribution in [0.4, 0.5) is 0 Å². The van der Waals surface area contributed by atoms with E-state index in [-0.39, 0.29) is 224 Å². The van der Waals surface area contributed by atoms with E-state index < -0.39 is 143 Å². The lowest BCUT2D eigenvalue weighted by Crippen LogP contribution is -2.68. The summed E-state index contributed by atoms with van der Waals surface area (Å²) in [6.07, 6.45) is -3.28. The van der Waals surface area contributed by atoms with Crippen molar-refractivity contribution >= 4 is 53.5 Å². The minimum Gasteiger partial charge on any atom is -0.458 e. The van der Waals surface area contributed by atoms with Gasteiger partial charge in [0.1, 0.15) is 40.8 Å². The van der Waals surface area contributed by atoms with Gasteiger partial charge in [0, 0.05) is 74.8 Å². The molecule has 6 bridgehead atoms. The molecule has 49 heteroatoms. The number of hydrogen-bond donors (Lipinski definition) is 4. The number of aromatic nitrogens is 9. The van der Waals surface area contributed by atoms with Crippen molar-refractivity contribution in [3.05, 3.63) is 35.7 Å². The summed E-state index contributed by atoms with van der Waals surface area (Å²) in [6.45, 7) is 15.2. The van der Waals surface area contributed by atoms with Crippen LogP contribution in [0.15, 0.2) is 18.6 Å². The molecule has 49 nitrogen and oxygen atoms in total. The third kappa shape index (κ3) is 34.2. The van der Waals surface area contributed by atoms with Crippen molar-refractivity contribution in [1.82, 2.24) is 60.9 Å².